The van der Waals surface area contributed by atoms with Gasteiger partial charge in [-0.25, -0.2) is 4.79 Å². The van der Waals surface area contributed by atoms with Crippen LogP contribution < -0.4 is 9.46 Å². The zero-order valence-corrected chi connectivity index (χ0v) is 19.3. The van der Waals surface area contributed by atoms with E-state index in [4.69, 9.17) is 14.3 Å². The molecule has 1 fully saturated rings. The Hall–Kier alpha value is -3.33. The van der Waals surface area contributed by atoms with Crippen LogP contribution in [0.4, 0.5) is 5.69 Å². The topological polar surface area (TPSA) is 119 Å². The van der Waals surface area contributed by atoms with Crippen molar-refractivity contribution in [3.63, 3.8) is 0 Å². The van der Waals surface area contributed by atoms with Crippen LogP contribution in [0.2, 0.25) is 0 Å². The predicted octanol–water partition coefficient (Wildman–Crippen LogP) is 5.14. The number of hydrogen-bond acceptors (Lipinski definition) is 6. The fourth-order valence-electron chi connectivity index (χ4n) is 4.11. The van der Waals surface area contributed by atoms with Gasteiger partial charge in [-0.3, -0.25) is 4.72 Å². The molecule has 0 amide bonds. The maximum absolute atomic E-state index is 12.8. The first-order chi connectivity index (χ1) is 15.8. The van der Waals surface area contributed by atoms with Crippen molar-refractivity contribution in [1.29, 1.82) is 0 Å². The Bertz CT molecular complexity index is 1240. The molecule has 0 atom stereocenters. The second-order valence-corrected chi connectivity index (χ2v) is 10.0. The van der Waals surface area contributed by atoms with Gasteiger partial charge in [0.2, 0.25) is 10.9 Å². The van der Waals surface area contributed by atoms with E-state index in [1.165, 1.54) is 56.6 Å². The molecule has 1 heterocycles. The minimum Gasteiger partial charge on any atom is -0.495 e. The number of methoxy groups -OCH3 is 1. The highest BCUT2D eigenvalue weighted by atomic mass is 32.2. The third-order valence-electron chi connectivity index (χ3n) is 6.10. The van der Waals surface area contributed by atoms with Crippen LogP contribution in [-0.4, -0.2) is 31.6 Å². The van der Waals surface area contributed by atoms with Crippen molar-refractivity contribution in [2.24, 2.45) is 5.92 Å². The second-order valence-electron chi connectivity index (χ2n) is 8.40. The molecule has 0 aliphatic heterocycles. The number of nitrogens with zero attached hydrogens (tertiary/aromatic N) is 1. The Morgan fingerprint density at radius 2 is 1.82 bits per heavy atom. The number of carboxylic acid groups (broad SMARTS) is 1. The minimum absolute atomic E-state index is 0.0234. The van der Waals surface area contributed by atoms with Crippen LogP contribution in [0.5, 0.6) is 5.75 Å². The average Bonchev–Trinajstić information content (AvgIpc) is 3.31. The van der Waals surface area contributed by atoms with E-state index in [2.05, 4.69) is 28.8 Å². The van der Waals surface area contributed by atoms with Gasteiger partial charge in [0.25, 0.3) is 10.0 Å². The van der Waals surface area contributed by atoms with Crippen molar-refractivity contribution in [3.8, 4) is 17.2 Å². The summed E-state index contributed by atoms with van der Waals surface area (Å²) < 4.78 is 38.6. The summed E-state index contributed by atoms with van der Waals surface area (Å²) in [5.41, 5.74) is 2.04. The second kappa shape index (κ2) is 9.27. The number of ether oxygens (including phenoxy) is 1. The largest absolute Gasteiger partial charge is 0.495 e. The van der Waals surface area contributed by atoms with E-state index in [-0.39, 0.29) is 27.9 Å². The number of oxazole rings is 1. The smallest absolute Gasteiger partial charge is 0.335 e. The van der Waals surface area contributed by atoms with E-state index in [0.717, 1.165) is 12.2 Å². The van der Waals surface area contributed by atoms with Crippen molar-refractivity contribution >= 4 is 21.7 Å². The standard InChI is InChI=1S/C24H26N2O6S/c1-15-3-5-16(6-4-15)17-7-9-18(10-8-17)23-25-22(14-32-23)33(29,30)26-20-12-11-19(24(27)28)13-21(20)31-2/h7-16,26H,3-6H2,1-2H3,(H,27,28)/t15-,16-. The maximum Gasteiger partial charge on any atom is 0.335 e. The zero-order chi connectivity index (χ0) is 23.6. The summed E-state index contributed by atoms with van der Waals surface area (Å²) in [4.78, 5) is 15.3. The summed E-state index contributed by atoms with van der Waals surface area (Å²) >= 11 is 0. The van der Waals surface area contributed by atoms with Crippen molar-refractivity contribution in [2.75, 3.05) is 11.8 Å². The predicted molar refractivity (Wildman–Crippen MR) is 123 cm³/mol. The number of rotatable bonds is 7. The van der Waals surface area contributed by atoms with Gasteiger partial charge in [-0.15, -0.1) is 0 Å². The van der Waals surface area contributed by atoms with Crippen LogP contribution in [0.3, 0.4) is 0 Å². The lowest BCUT2D eigenvalue weighted by Crippen LogP contribution is -2.14. The molecule has 1 aliphatic carbocycles. The molecule has 9 heteroatoms. The molecule has 0 unspecified atom stereocenters. The van der Waals surface area contributed by atoms with Crippen LogP contribution in [0.1, 0.15) is 54.4 Å². The molecule has 0 radical (unpaired) electrons. The number of anilines is 1. The molecule has 33 heavy (non-hydrogen) atoms. The van der Waals surface area contributed by atoms with Crippen molar-refractivity contribution in [3.05, 3.63) is 59.9 Å². The number of aromatic nitrogens is 1. The van der Waals surface area contributed by atoms with Crippen LogP contribution in [-0.2, 0) is 10.0 Å². The lowest BCUT2D eigenvalue weighted by Gasteiger charge is -2.26. The maximum atomic E-state index is 12.8. The van der Waals surface area contributed by atoms with Gasteiger partial charge in [0.05, 0.1) is 18.4 Å². The summed E-state index contributed by atoms with van der Waals surface area (Å²) in [6, 6.07) is 11.8. The van der Waals surface area contributed by atoms with E-state index in [1.807, 2.05) is 12.1 Å². The Labute approximate surface area is 192 Å². The van der Waals surface area contributed by atoms with E-state index < -0.39 is 16.0 Å². The van der Waals surface area contributed by atoms with Gasteiger partial charge in [-0.05, 0) is 60.6 Å². The van der Waals surface area contributed by atoms with Crippen LogP contribution >= 0.6 is 0 Å². The van der Waals surface area contributed by atoms with Gasteiger partial charge >= 0.3 is 5.97 Å². The highest BCUT2D eigenvalue weighted by Crippen LogP contribution is 2.36. The first kappa shape index (κ1) is 22.8. The number of sulfonamides is 1. The minimum atomic E-state index is -4.08. The number of aromatic carboxylic acids is 1. The molecule has 0 spiro atoms. The molecule has 0 saturated heterocycles. The van der Waals surface area contributed by atoms with Crippen molar-refractivity contribution in [1.82, 2.24) is 4.98 Å². The van der Waals surface area contributed by atoms with Crippen LogP contribution in [0.15, 0.2) is 58.2 Å². The summed E-state index contributed by atoms with van der Waals surface area (Å²) in [6.07, 6.45) is 5.93. The lowest BCUT2D eigenvalue weighted by molar-refractivity contribution is 0.0696. The third-order valence-corrected chi connectivity index (χ3v) is 7.32. The number of carbonyl (C=O) groups is 1. The highest BCUT2D eigenvalue weighted by Gasteiger charge is 2.23. The molecule has 8 nitrogen and oxygen atoms in total. The summed E-state index contributed by atoms with van der Waals surface area (Å²) in [7, 11) is -2.76. The quantitative estimate of drug-likeness (QED) is 0.490. The molecule has 1 saturated carbocycles. The molecule has 3 aromatic rings. The Kier molecular flexibility index (Phi) is 6.42. The number of hydrogen-bond donors (Lipinski definition) is 2. The van der Waals surface area contributed by atoms with Gasteiger partial charge in [-0.1, -0.05) is 31.9 Å². The number of nitrogens with one attached hydrogen (secondary N) is 1. The Balaban J connectivity index is 1.51. The van der Waals surface area contributed by atoms with Gasteiger partial charge in [0.15, 0.2) is 0 Å². The third kappa shape index (κ3) is 5.03. The summed E-state index contributed by atoms with van der Waals surface area (Å²) in [6.45, 7) is 2.30. The van der Waals surface area contributed by atoms with E-state index in [0.29, 0.717) is 11.5 Å². The van der Waals surface area contributed by atoms with Crippen molar-refractivity contribution in [2.45, 2.75) is 43.6 Å². The average molecular weight is 471 g/mol. The number of benzene rings is 2. The highest BCUT2D eigenvalue weighted by molar-refractivity contribution is 7.92. The lowest BCUT2D eigenvalue weighted by atomic mass is 9.79. The van der Waals surface area contributed by atoms with Crippen molar-refractivity contribution < 1.29 is 27.5 Å². The van der Waals surface area contributed by atoms with Gasteiger partial charge < -0.3 is 14.3 Å². The van der Waals surface area contributed by atoms with Crippen LogP contribution in [0.25, 0.3) is 11.5 Å². The van der Waals surface area contributed by atoms with E-state index >= 15 is 0 Å². The van der Waals surface area contributed by atoms with E-state index in [9.17, 15) is 13.2 Å². The Morgan fingerprint density at radius 3 is 2.45 bits per heavy atom. The molecular formula is C24H26N2O6S. The SMILES string of the molecule is COc1cc(C(=O)O)ccc1NS(=O)(=O)c1coc(-c2ccc([C@H]3CC[C@H](C)CC3)cc2)n1. The Morgan fingerprint density at radius 1 is 1.12 bits per heavy atom. The zero-order valence-electron chi connectivity index (χ0n) is 18.4. The van der Waals surface area contributed by atoms with Crippen LogP contribution in [0, 0.1) is 5.92 Å². The van der Waals surface area contributed by atoms with Gasteiger partial charge in [-0.2, -0.15) is 13.4 Å². The first-order valence-corrected chi connectivity index (χ1v) is 12.2. The molecule has 4 rings (SSSR count). The summed E-state index contributed by atoms with van der Waals surface area (Å²) in [5, 5.41) is 8.82. The first-order valence-electron chi connectivity index (χ1n) is 10.8. The van der Waals surface area contributed by atoms with E-state index in [1.54, 1.807) is 0 Å². The fraction of sp³-hybridized carbons (Fsp3) is 0.333. The molecule has 174 valence electrons. The molecule has 2 aromatic carbocycles. The molecule has 1 aromatic heterocycles. The van der Waals surface area contributed by atoms with Gasteiger partial charge in [0, 0.05) is 5.56 Å². The monoisotopic (exact) mass is 470 g/mol. The fourth-order valence-corrected chi connectivity index (χ4v) is 5.05. The normalized spacial score (nSPS) is 18.6. The molecular weight excluding hydrogens is 444 g/mol. The molecule has 2 N–H and O–H groups in total. The summed E-state index contributed by atoms with van der Waals surface area (Å²) in [5.74, 6) is 0.481. The van der Waals surface area contributed by atoms with Gasteiger partial charge in [0.1, 0.15) is 12.0 Å². The number of carboxylic acids is 1. The molecule has 0 bridgehead atoms. The molecule has 1 aliphatic rings.